The second-order valence-corrected chi connectivity index (χ2v) is 5.44. The summed E-state index contributed by atoms with van der Waals surface area (Å²) in [6.45, 7) is 0.851. The quantitative estimate of drug-likeness (QED) is 0.785. The Bertz CT molecular complexity index is 833. The predicted molar refractivity (Wildman–Crippen MR) is 91.5 cm³/mol. The van der Waals surface area contributed by atoms with E-state index in [0.717, 1.165) is 24.0 Å². The average molecular weight is 306 g/mol. The summed E-state index contributed by atoms with van der Waals surface area (Å²) >= 11 is 0. The molecule has 3 aromatic rings. The molecule has 1 amide bonds. The molecule has 0 unspecified atom stereocenters. The molecule has 3 rings (SSSR count). The van der Waals surface area contributed by atoms with Crippen LogP contribution >= 0.6 is 0 Å². The molecule has 5 heteroatoms. The van der Waals surface area contributed by atoms with E-state index in [2.05, 4.69) is 27.0 Å². The first-order chi connectivity index (χ1) is 11.2. The number of likely N-dealkylation sites (N-methyl/N-ethyl adjacent to an activating group) is 1. The van der Waals surface area contributed by atoms with Crippen LogP contribution in [0.5, 0.6) is 0 Å². The summed E-state index contributed by atoms with van der Waals surface area (Å²) in [5.74, 6) is -0.479. The van der Waals surface area contributed by atoms with Crippen molar-refractivity contribution >= 4 is 22.5 Å². The first-order valence-electron chi connectivity index (χ1n) is 7.44. The molecule has 5 nitrogen and oxygen atoms in total. The maximum atomic E-state index is 11.6. The molecule has 0 atom stereocenters. The Morgan fingerprint density at radius 1 is 1.17 bits per heavy atom. The van der Waals surface area contributed by atoms with Gasteiger partial charge in [0.25, 0.3) is 5.91 Å². The zero-order valence-electron chi connectivity index (χ0n) is 12.9. The smallest absolute Gasteiger partial charge is 0.250 e. The van der Waals surface area contributed by atoms with Gasteiger partial charge in [-0.2, -0.15) is 0 Å². The van der Waals surface area contributed by atoms with E-state index in [1.54, 1.807) is 12.3 Å². The lowest BCUT2D eigenvalue weighted by atomic mass is 10.1. The fraction of sp³-hybridized carbons (Fsp3) is 0.167. The van der Waals surface area contributed by atoms with Gasteiger partial charge < -0.3 is 10.6 Å². The van der Waals surface area contributed by atoms with E-state index in [9.17, 15) is 4.79 Å². The van der Waals surface area contributed by atoms with E-state index in [1.165, 1.54) is 11.9 Å². The second kappa shape index (κ2) is 6.44. The highest BCUT2D eigenvalue weighted by molar-refractivity contribution is 6.07. The van der Waals surface area contributed by atoms with Crippen molar-refractivity contribution in [3.8, 4) is 0 Å². The van der Waals surface area contributed by atoms with Gasteiger partial charge in [0.15, 0.2) is 0 Å². The predicted octanol–water partition coefficient (Wildman–Crippen LogP) is 2.41. The third-order valence-corrected chi connectivity index (χ3v) is 3.91. The molecule has 1 aromatic heterocycles. The molecule has 0 saturated carbocycles. The monoisotopic (exact) mass is 306 g/mol. The summed E-state index contributed by atoms with van der Waals surface area (Å²) in [6, 6.07) is 14.0. The van der Waals surface area contributed by atoms with Crippen LogP contribution in [0.3, 0.4) is 0 Å². The van der Waals surface area contributed by atoms with Gasteiger partial charge in [0, 0.05) is 30.9 Å². The highest BCUT2D eigenvalue weighted by Gasteiger charge is 2.13. The molecule has 0 aliphatic carbocycles. The Labute approximate surface area is 134 Å². The zero-order valence-corrected chi connectivity index (χ0v) is 12.9. The lowest BCUT2D eigenvalue weighted by molar-refractivity contribution is 0.100. The zero-order chi connectivity index (χ0) is 16.2. The van der Waals surface area contributed by atoms with Crippen molar-refractivity contribution in [1.82, 2.24) is 9.97 Å². The van der Waals surface area contributed by atoms with Crippen molar-refractivity contribution in [2.24, 2.45) is 5.73 Å². The van der Waals surface area contributed by atoms with E-state index < -0.39 is 5.91 Å². The summed E-state index contributed by atoms with van der Waals surface area (Å²) in [4.78, 5) is 22.0. The Kier molecular flexibility index (Phi) is 4.19. The van der Waals surface area contributed by atoms with Gasteiger partial charge in [-0.15, -0.1) is 0 Å². The number of benzene rings is 2. The first-order valence-corrected chi connectivity index (χ1v) is 7.44. The number of nitrogens with zero attached hydrogens (tertiary/aromatic N) is 3. The standard InChI is InChI=1S/C18H18N4O/c1-22(10-9-13-5-3-2-4-6-13)16-8-7-14(18(19)23)17-15(16)11-20-12-21-17/h2-8,11-12H,9-10H2,1H3,(H2,19,23). The Balaban J connectivity index is 1.90. The van der Waals surface area contributed by atoms with Crippen LogP contribution in [-0.4, -0.2) is 29.5 Å². The van der Waals surface area contributed by atoms with Crippen LogP contribution in [0.25, 0.3) is 10.9 Å². The average Bonchev–Trinajstić information content (AvgIpc) is 2.59. The van der Waals surface area contributed by atoms with Gasteiger partial charge in [0.1, 0.15) is 6.33 Å². The highest BCUT2D eigenvalue weighted by atomic mass is 16.1. The van der Waals surface area contributed by atoms with Crippen LogP contribution < -0.4 is 10.6 Å². The molecular weight excluding hydrogens is 288 g/mol. The summed E-state index contributed by atoms with van der Waals surface area (Å²) < 4.78 is 0. The Morgan fingerprint density at radius 3 is 2.70 bits per heavy atom. The van der Waals surface area contributed by atoms with E-state index >= 15 is 0 Å². The molecule has 0 bridgehead atoms. The molecule has 0 aliphatic rings. The lowest BCUT2D eigenvalue weighted by Gasteiger charge is -2.21. The molecule has 23 heavy (non-hydrogen) atoms. The van der Waals surface area contributed by atoms with Gasteiger partial charge in [-0.3, -0.25) is 4.79 Å². The number of amides is 1. The van der Waals surface area contributed by atoms with Gasteiger partial charge in [-0.05, 0) is 24.1 Å². The minimum Gasteiger partial charge on any atom is -0.374 e. The summed E-state index contributed by atoms with van der Waals surface area (Å²) in [6.07, 6.45) is 4.09. The molecule has 0 saturated heterocycles. The van der Waals surface area contributed by atoms with Gasteiger partial charge in [0.05, 0.1) is 11.1 Å². The van der Waals surface area contributed by atoms with Gasteiger partial charge in [-0.25, -0.2) is 9.97 Å². The molecule has 0 spiro atoms. The summed E-state index contributed by atoms with van der Waals surface area (Å²) in [5, 5.41) is 0.833. The molecule has 2 aromatic carbocycles. The first kappa shape index (κ1) is 15.0. The highest BCUT2D eigenvalue weighted by Crippen LogP contribution is 2.27. The normalized spacial score (nSPS) is 10.7. The lowest BCUT2D eigenvalue weighted by Crippen LogP contribution is -2.21. The van der Waals surface area contributed by atoms with Crippen LogP contribution in [-0.2, 0) is 6.42 Å². The number of carbonyl (C=O) groups excluding carboxylic acids is 1. The van der Waals surface area contributed by atoms with Crippen LogP contribution in [0.2, 0.25) is 0 Å². The molecule has 0 radical (unpaired) electrons. The van der Waals surface area contributed by atoms with Crippen LogP contribution in [0, 0.1) is 0 Å². The molecule has 0 aliphatic heterocycles. The van der Waals surface area contributed by atoms with Crippen molar-refractivity contribution < 1.29 is 4.79 Å². The van der Waals surface area contributed by atoms with Crippen molar-refractivity contribution in [3.05, 3.63) is 66.1 Å². The van der Waals surface area contributed by atoms with E-state index in [0.29, 0.717) is 11.1 Å². The molecule has 1 heterocycles. The summed E-state index contributed by atoms with van der Waals surface area (Å²) in [5.41, 5.74) is 8.71. The van der Waals surface area contributed by atoms with Crippen molar-refractivity contribution in [2.45, 2.75) is 6.42 Å². The Morgan fingerprint density at radius 2 is 1.96 bits per heavy atom. The van der Waals surface area contributed by atoms with E-state index in [-0.39, 0.29) is 0 Å². The number of hydrogen-bond donors (Lipinski definition) is 1. The van der Waals surface area contributed by atoms with Crippen molar-refractivity contribution in [3.63, 3.8) is 0 Å². The number of fused-ring (bicyclic) bond motifs is 1. The fourth-order valence-corrected chi connectivity index (χ4v) is 2.66. The molecular formula is C18H18N4O. The number of aromatic nitrogens is 2. The topological polar surface area (TPSA) is 72.1 Å². The number of primary amides is 1. The maximum Gasteiger partial charge on any atom is 0.250 e. The van der Waals surface area contributed by atoms with E-state index in [1.807, 2.05) is 31.3 Å². The maximum absolute atomic E-state index is 11.6. The largest absolute Gasteiger partial charge is 0.374 e. The second-order valence-electron chi connectivity index (χ2n) is 5.44. The number of carbonyl (C=O) groups is 1. The minimum atomic E-state index is -0.479. The van der Waals surface area contributed by atoms with Crippen LogP contribution in [0.4, 0.5) is 5.69 Å². The van der Waals surface area contributed by atoms with Crippen molar-refractivity contribution in [2.75, 3.05) is 18.5 Å². The van der Waals surface area contributed by atoms with Crippen LogP contribution in [0.15, 0.2) is 55.0 Å². The van der Waals surface area contributed by atoms with Gasteiger partial charge >= 0.3 is 0 Å². The third-order valence-electron chi connectivity index (χ3n) is 3.91. The molecule has 116 valence electrons. The number of hydrogen-bond acceptors (Lipinski definition) is 4. The summed E-state index contributed by atoms with van der Waals surface area (Å²) in [7, 11) is 2.02. The number of anilines is 1. The van der Waals surface area contributed by atoms with Crippen molar-refractivity contribution in [1.29, 1.82) is 0 Å². The molecule has 0 fully saturated rings. The molecule has 2 N–H and O–H groups in total. The Hall–Kier alpha value is -2.95. The number of nitrogens with two attached hydrogens (primary N) is 1. The van der Waals surface area contributed by atoms with Gasteiger partial charge in [0.2, 0.25) is 0 Å². The van der Waals surface area contributed by atoms with Crippen LogP contribution in [0.1, 0.15) is 15.9 Å². The van der Waals surface area contributed by atoms with Gasteiger partial charge in [-0.1, -0.05) is 30.3 Å². The third kappa shape index (κ3) is 3.13. The fourth-order valence-electron chi connectivity index (χ4n) is 2.66. The minimum absolute atomic E-state index is 0.419. The number of rotatable bonds is 5. The van der Waals surface area contributed by atoms with E-state index in [4.69, 9.17) is 5.73 Å². The SMILES string of the molecule is CN(CCc1ccccc1)c1ccc(C(N)=O)c2ncncc12.